The lowest BCUT2D eigenvalue weighted by atomic mass is 9.87. The van der Waals surface area contributed by atoms with Crippen molar-refractivity contribution in [2.45, 2.75) is 39.2 Å². The zero-order valence-electron chi connectivity index (χ0n) is 9.79. The lowest BCUT2D eigenvalue weighted by Crippen LogP contribution is -2.36. The lowest BCUT2D eigenvalue weighted by molar-refractivity contribution is 0.314. The van der Waals surface area contributed by atoms with Gasteiger partial charge in [0.25, 0.3) is 0 Å². The molecule has 1 aromatic carbocycles. The number of hydrogen-bond donors (Lipinski definition) is 1. The summed E-state index contributed by atoms with van der Waals surface area (Å²) in [6, 6.07) is 9.71. The van der Waals surface area contributed by atoms with Crippen LogP contribution in [0.3, 0.4) is 0 Å². The summed E-state index contributed by atoms with van der Waals surface area (Å²) >= 11 is 0. The highest BCUT2D eigenvalue weighted by molar-refractivity contribution is 5.21. The van der Waals surface area contributed by atoms with Crippen molar-refractivity contribution in [3.05, 3.63) is 35.4 Å². The third-order valence-corrected chi connectivity index (χ3v) is 3.38. The number of benzene rings is 1. The van der Waals surface area contributed by atoms with Gasteiger partial charge in [-0.1, -0.05) is 29.8 Å². The van der Waals surface area contributed by atoms with Crippen LogP contribution in [0.25, 0.3) is 0 Å². The summed E-state index contributed by atoms with van der Waals surface area (Å²) in [5.41, 5.74) is 2.86. The van der Waals surface area contributed by atoms with Crippen molar-refractivity contribution in [1.82, 2.24) is 5.32 Å². The van der Waals surface area contributed by atoms with E-state index in [1.807, 2.05) is 0 Å². The fourth-order valence-corrected chi connectivity index (χ4v) is 2.48. The summed E-state index contributed by atoms with van der Waals surface area (Å²) in [4.78, 5) is 0. The van der Waals surface area contributed by atoms with Crippen molar-refractivity contribution in [1.29, 1.82) is 0 Å². The van der Waals surface area contributed by atoms with Gasteiger partial charge in [-0.3, -0.25) is 0 Å². The number of aryl methyl sites for hydroxylation is 1. The summed E-state index contributed by atoms with van der Waals surface area (Å²) < 4.78 is 0. The van der Waals surface area contributed by atoms with E-state index in [-0.39, 0.29) is 0 Å². The molecule has 2 unspecified atom stereocenters. The normalized spacial score (nSPS) is 26.5. The van der Waals surface area contributed by atoms with Gasteiger partial charge in [0, 0.05) is 6.04 Å². The van der Waals surface area contributed by atoms with Crippen molar-refractivity contribution in [2.24, 2.45) is 5.92 Å². The molecule has 1 aromatic rings. The zero-order chi connectivity index (χ0) is 10.7. The maximum Gasteiger partial charge on any atom is 0.00414 e. The number of piperidine rings is 1. The van der Waals surface area contributed by atoms with Gasteiger partial charge in [-0.25, -0.2) is 0 Å². The van der Waals surface area contributed by atoms with Crippen LogP contribution in [0.2, 0.25) is 0 Å². The maximum atomic E-state index is 3.51. The van der Waals surface area contributed by atoms with Gasteiger partial charge in [-0.15, -0.1) is 0 Å². The first-order valence-corrected chi connectivity index (χ1v) is 6.03. The highest BCUT2D eigenvalue weighted by atomic mass is 14.9. The Hall–Kier alpha value is -0.820. The average Bonchev–Trinajstić information content (AvgIpc) is 2.22. The predicted molar refractivity (Wildman–Crippen MR) is 65.1 cm³/mol. The van der Waals surface area contributed by atoms with E-state index in [1.54, 1.807) is 0 Å². The Bertz CT molecular complexity index is 302. The zero-order valence-corrected chi connectivity index (χ0v) is 9.79. The average molecular weight is 203 g/mol. The van der Waals surface area contributed by atoms with Crippen LogP contribution >= 0.6 is 0 Å². The third kappa shape index (κ3) is 3.07. The fourth-order valence-electron chi connectivity index (χ4n) is 2.48. The minimum absolute atomic E-state index is 0.703. The Labute approximate surface area is 92.9 Å². The van der Waals surface area contributed by atoms with E-state index in [1.165, 1.54) is 36.9 Å². The molecular weight excluding hydrogens is 182 g/mol. The molecule has 15 heavy (non-hydrogen) atoms. The van der Waals surface area contributed by atoms with Gasteiger partial charge in [0.05, 0.1) is 0 Å². The molecule has 0 spiro atoms. The van der Waals surface area contributed by atoms with Crippen molar-refractivity contribution >= 4 is 0 Å². The topological polar surface area (TPSA) is 12.0 Å². The second-order valence-electron chi connectivity index (χ2n) is 4.94. The summed E-state index contributed by atoms with van der Waals surface area (Å²) in [6.45, 7) is 5.63. The SMILES string of the molecule is Cc1ccc(CC2CCNC(C)C2)cc1. The van der Waals surface area contributed by atoms with Crippen LogP contribution in [0.1, 0.15) is 30.9 Å². The molecule has 0 bridgehead atoms. The molecule has 2 atom stereocenters. The van der Waals surface area contributed by atoms with Crippen molar-refractivity contribution in [3.8, 4) is 0 Å². The van der Waals surface area contributed by atoms with E-state index in [2.05, 4.69) is 43.4 Å². The van der Waals surface area contributed by atoms with Crippen LogP contribution < -0.4 is 5.32 Å². The van der Waals surface area contributed by atoms with Gasteiger partial charge in [-0.05, 0) is 51.1 Å². The van der Waals surface area contributed by atoms with Crippen LogP contribution in [-0.2, 0) is 6.42 Å². The molecule has 1 fully saturated rings. The quantitative estimate of drug-likeness (QED) is 0.779. The molecule has 1 heterocycles. The van der Waals surface area contributed by atoms with Crippen molar-refractivity contribution in [3.63, 3.8) is 0 Å². The number of nitrogens with one attached hydrogen (secondary N) is 1. The molecule has 0 amide bonds. The van der Waals surface area contributed by atoms with E-state index in [9.17, 15) is 0 Å². The molecule has 0 aromatic heterocycles. The molecule has 0 radical (unpaired) electrons. The van der Waals surface area contributed by atoms with E-state index < -0.39 is 0 Å². The number of rotatable bonds is 2. The van der Waals surface area contributed by atoms with Gasteiger partial charge in [-0.2, -0.15) is 0 Å². The second kappa shape index (κ2) is 4.80. The summed E-state index contributed by atoms with van der Waals surface area (Å²) in [6.07, 6.45) is 3.92. The fraction of sp³-hybridized carbons (Fsp3) is 0.571. The minimum Gasteiger partial charge on any atom is -0.314 e. The largest absolute Gasteiger partial charge is 0.314 e. The number of hydrogen-bond acceptors (Lipinski definition) is 1. The Morgan fingerprint density at radius 1 is 1.27 bits per heavy atom. The highest BCUT2D eigenvalue weighted by Crippen LogP contribution is 2.21. The molecule has 1 N–H and O–H groups in total. The van der Waals surface area contributed by atoms with E-state index in [0.29, 0.717) is 6.04 Å². The molecule has 82 valence electrons. The van der Waals surface area contributed by atoms with Crippen LogP contribution in [-0.4, -0.2) is 12.6 Å². The second-order valence-corrected chi connectivity index (χ2v) is 4.94. The lowest BCUT2D eigenvalue weighted by Gasteiger charge is -2.28. The van der Waals surface area contributed by atoms with Crippen molar-refractivity contribution < 1.29 is 0 Å². The molecule has 0 aliphatic carbocycles. The van der Waals surface area contributed by atoms with Crippen LogP contribution in [0.15, 0.2) is 24.3 Å². The first kappa shape index (κ1) is 10.7. The molecule has 1 aliphatic rings. The Morgan fingerprint density at radius 2 is 2.00 bits per heavy atom. The summed E-state index contributed by atoms with van der Waals surface area (Å²) in [7, 11) is 0. The van der Waals surface area contributed by atoms with Crippen LogP contribution in [0.5, 0.6) is 0 Å². The Morgan fingerprint density at radius 3 is 2.67 bits per heavy atom. The Kier molecular flexibility index (Phi) is 3.42. The smallest absolute Gasteiger partial charge is 0.00414 e. The predicted octanol–water partition coefficient (Wildman–Crippen LogP) is 2.93. The molecule has 1 saturated heterocycles. The molecule has 2 rings (SSSR count). The van der Waals surface area contributed by atoms with Gasteiger partial charge in [0.1, 0.15) is 0 Å². The third-order valence-electron chi connectivity index (χ3n) is 3.38. The van der Waals surface area contributed by atoms with Gasteiger partial charge >= 0.3 is 0 Å². The molecule has 1 heteroatoms. The van der Waals surface area contributed by atoms with E-state index in [4.69, 9.17) is 0 Å². The highest BCUT2D eigenvalue weighted by Gasteiger charge is 2.18. The molecule has 0 saturated carbocycles. The maximum absolute atomic E-state index is 3.51. The monoisotopic (exact) mass is 203 g/mol. The molecule has 1 nitrogen and oxygen atoms in total. The summed E-state index contributed by atoms with van der Waals surface area (Å²) in [5.74, 6) is 0.879. The standard InChI is InChI=1S/C14H21N/c1-11-3-5-13(6-4-11)10-14-7-8-15-12(2)9-14/h3-6,12,14-15H,7-10H2,1-2H3. The molecule has 1 aliphatic heterocycles. The minimum atomic E-state index is 0.703. The van der Waals surface area contributed by atoms with Gasteiger partial charge < -0.3 is 5.32 Å². The van der Waals surface area contributed by atoms with Crippen molar-refractivity contribution in [2.75, 3.05) is 6.54 Å². The van der Waals surface area contributed by atoms with Crippen LogP contribution in [0, 0.1) is 12.8 Å². The Balaban J connectivity index is 1.93. The van der Waals surface area contributed by atoms with Gasteiger partial charge in [0.15, 0.2) is 0 Å². The summed E-state index contributed by atoms with van der Waals surface area (Å²) in [5, 5.41) is 3.51. The molecular formula is C14H21N. The van der Waals surface area contributed by atoms with E-state index >= 15 is 0 Å². The first-order chi connectivity index (χ1) is 7.24. The van der Waals surface area contributed by atoms with Gasteiger partial charge in [0.2, 0.25) is 0 Å². The van der Waals surface area contributed by atoms with E-state index in [0.717, 1.165) is 5.92 Å². The van der Waals surface area contributed by atoms with Crippen LogP contribution in [0.4, 0.5) is 0 Å². The first-order valence-electron chi connectivity index (χ1n) is 6.03.